The molecule has 1 fully saturated rings. The molecule has 2 aromatic rings. The Labute approximate surface area is 176 Å². The summed E-state index contributed by atoms with van der Waals surface area (Å²) in [5.74, 6) is -0.0503. The summed E-state index contributed by atoms with van der Waals surface area (Å²) < 4.78 is 28.8. The zero-order valence-electron chi connectivity index (χ0n) is 17.4. The number of hydrogen-bond donors (Lipinski definition) is 1. The molecule has 5 nitrogen and oxygen atoms in total. The smallest absolute Gasteiger partial charge is 0.387 e. The lowest BCUT2D eigenvalue weighted by Gasteiger charge is -2.29. The fourth-order valence-electron chi connectivity index (χ4n) is 3.96. The third-order valence-electron chi connectivity index (χ3n) is 5.66. The van der Waals surface area contributed by atoms with Crippen LogP contribution in [0.1, 0.15) is 31.9 Å². The van der Waals surface area contributed by atoms with Gasteiger partial charge < -0.3 is 10.1 Å². The van der Waals surface area contributed by atoms with Crippen LogP contribution in [0.25, 0.3) is 0 Å². The minimum atomic E-state index is -2.86. The molecule has 3 rings (SSSR count). The maximum absolute atomic E-state index is 12.5. The highest BCUT2D eigenvalue weighted by Crippen LogP contribution is 2.26. The second kappa shape index (κ2) is 10.5. The molecular formula is C23H29F2N3O2. The molecule has 1 heterocycles. The predicted molar refractivity (Wildman–Crippen MR) is 114 cm³/mol. The molecule has 1 aliphatic rings. The van der Waals surface area contributed by atoms with Crippen molar-refractivity contribution in [2.45, 2.75) is 39.0 Å². The molecule has 1 amide bonds. The number of likely N-dealkylation sites (N-methyl/N-ethyl adjacent to an activating group) is 1. The fourth-order valence-corrected chi connectivity index (χ4v) is 3.96. The van der Waals surface area contributed by atoms with Gasteiger partial charge >= 0.3 is 6.61 Å². The van der Waals surface area contributed by atoms with Gasteiger partial charge in [0.1, 0.15) is 5.75 Å². The van der Waals surface area contributed by atoms with Gasteiger partial charge in [0, 0.05) is 30.9 Å². The van der Waals surface area contributed by atoms with Crippen molar-refractivity contribution in [2.24, 2.45) is 0 Å². The van der Waals surface area contributed by atoms with Gasteiger partial charge in [0.05, 0.1) is 6.54 Å². The first-order valence-corrected chi connectivity index (χ1v) is 10.3. The highest BCUT2D eigenvalue weighted by Gasteiger charge is 2.30. The van der Waals surface area contributed by atoms with Crippen molar-refractivity contribution in [3.05, 3.63) is 60.2 Å². The van der Waals surface area contributed by atoms with Crippen molar-refractivity contribution in [2.75, 3.05) is 31.5 Å². The van der Waals surface area contributed by atoms with Crippen LogP contribution < -0.4 is 10.1 Å². The van der Waals surface area contributed by atoms with Gasteiger partial charge in [-0.1, -0.05) is 37.3 Å². The number of nitrogens with zero attached hydrogens (tertiary/aromatic N) is 2. The monoisotopic (exact) mass is 417 g/mol. The number of carbonyl (C=O) groups is 1. The first-order valence-electron chi connectivity index (χ1n) is 10.3. The van der Waals surface area contributed by atoms with E-state index in [-0.39, 0.29) is 11.7 Å². The standard InChI is InChI=1S/C23H29F2N3O2/c1-3-27(16-22(29)26-19-9-11-21(12-10-19)30-23(24)25)20-13-14-28(15-20)17(2)18-7-5-4-6-8-18/h4-12,17,20,23H,3,13-16H2,1-2H3,(H,26,29)/t17-,20+/m0/s1. The zero-order valence-corrected chi connectivity index (χ0v) is 17.4. The number of nitrogens with one attached hydrogen (secondary N) is 1. The number of benzene rings is 2. The van der Waals surface area contributed by atoms with Crippen LogP contribution in [0.15, 0.2) is 54.6 Å². The van der Waals surface area contributed by atoms with Gasteiger partial charge in [-0.2, -0.15) is 8.78 Å². The van der Waals surface area contributed by atoms with Crippen molar-refractivity contribution in [3.8, 4) is 5.75 Å². The summed E-state index contributed by atoms with van der Waals surface area (Å²) in [6.07, 6.45) is 1.03. The van der Waals surface area contributed by atoms with E-state index >= 15 is 0 Å². The quantitative estimate of drug-likeness (QED) is 0.658. The van der Waals surface area contributed by atoms with Crippen LogP contribution >= 0.6 is 0 Å². The van der Waals surface area contributed by atoms with E-state index in [9.17, 15) is 13.6 Å². The minimum Gasteiger partial charge on any atom is -0.435 e. The molecule has 1 saturated heterocycles. The minimum absolute atomic E-state index is 0.0665. The molecule has 1 N–H and O–H groups in total. The second-order valence-electron chi connectivity index (χ2n) is 7.54. The number of carbonyl (C=O) groups excluding carboxylic acids is 1. The van der Waals surface area contributed by atoms with Crippen LogP contribution in [0.5, 0.6) is 5.75 Å². The van der Waals surface area contributed by atoms with Crippen molar-refractivity contribution in [1.29, 1.82) is 0 Å². The summed E-state index contributed by atoms with van der Waals surface area (Å²) >= 11 is 0. The van der Waals surface area contributed by atoms with Gasteiger partial charge in [-0.25, -0.2) is 0 Å². The number of likely N-dealkylation sites (tertiary alicyclic amines) is 1. The third kappa shape index (κ3) is 6.00. The summed E-state index contributed by atoms with van der Waals surface area (Å²) in [5, 5.41) is 2.83. The number of rotatable bonds is 9. The summed E-state index contributed by atoms with van der Waals surface area (Å²) in [7, 11) is 0. The van der Waals surface area contributed by atoms with E-state index < -0.39 is 6.61 Å². The van der Waals surface area contributed by atoms with Gasteiger partial charge in [-0.3, -0.25) is 14.6 Å². The average molecular weight is 418 g/mol. The molecule has 0 unspecified atom stereocenters. The molecule has 2 aromatic carbocycles. The summed E-state index contributed by atoms with van der Waals surface area (Å²) in [6, 6.07) is 17.1. The Bertz CT molecular complexity index is 802. The number of ether oxygens (including phenoxy) is 1. The van der Waals surface area contributed by atoms with E-state index in [1.165, 1.54) is 17.7 Å². The van der Waals surface area contributed by atoms with Crippen molar-refractivity contribution in [1.82, 2.24) is 9.80 Å². The number of alkyl halides is 2. The topological polar surface area (TPSA) is 44.8 Å². The number of anilines is 1. The Hall–Kier alpha value is -2.51. The highest BCUT2D eigenvalue weighted by molar-refractivity contribution is 5.92. The third-order valence-corrected chi connectivity index (χ3v) is 5.66. The van der Waals surface area contributed by atoms with Gasteiger partial charge in [0.2, 0.25) is 5.91 Å². The molecule has 1 aliphatic heterocycles. The molecule has 0 spiro atoms. The Morgan fingerprint density at radius 2 is 1.90 bits per heavy atom. The van der Waals surface area contributed by atoms with E-state index in [1.807, 2.05) is 6.07 Å². The van der Waals surface area contributed by atoms with Gasteiger partial charge in [-0.05, 0) is 49.7 Å². The van der Waals surface area contributed by atoms with Gasteiger partial charge in [0.15, 0.2) is 0 Å². The predicted octanol–water partition coefficient (Wildman–Crippen LogP) is 4.38. The SMILES string of the molecule is CCN(CC(=O)Nc1ccc(OC(F)F)cc1)[C@@H]1CCN([C@@H](C)c2ccccc2)C1. The molecule has 0 saturated carbocycles. The number of hydrogen-bond acceptors (Lipinski definition) is 4. The molecule has 7 heteroatoms. The van der Waals surface area contributed by atoms with Crippen LogP contribution in [0.2, 0.25) is 0 Å². The molecule has 0 aromatic heterocycles. The van der Waals surface area contributed by atoms with Gasteiger partial charge in [-0.15, -0.1) is 0 Å². The summed E-state index contributed by atoms with van der Waals surface area (Å²) in [6.45, 7) is 4.44. The van der Waals surface area contributed by atoms with Gasteiger partial charge in [0.25, 0.3) is 0 Å². The summed E-state index contributed by atoms with van der Waals surface area (Å²) in [4.78, 5) is 17.2. The maximum atomic E-state index is 12.5. The molecule has 0 aliphatic carbocycles. The zero-order chi connectivity index (χ0) is 21.5. The van der Waals surface area contributed by atoms with E-state index in [2.05, 4.69) is 58.0 Å². The molecular weight excluding hydrogens is 388 g/mol. The van der Waals surface area contributed by atoms with Crippen molar-refractivity contribution in [3.63, 3.8) is 0 Å². The molecule has 30 heavy (non-hydrogen) atoms. The van der Waals surface area contributed by atoms with Crippen LogP contribution in [-0.4, -0.2) is 54.5 Å². The maximum Gasteiger partial charge on any atom is 0.387 e. The van der Waals surface area contributed by atoms with E-state index in [0.29, 0.717) is 24.3 Å². The largest absolute Gasteiger partial charge is 0.435 e. The van der Waals surface area contributed by atoms with Crippen LogP contribution in [0.3, 0.4) is 0 Å². The lowest BCUT2D eigenvalue weighted by molar-refractivity contribution is -0.117. The molecule has 0 radical (unpaired) electrons. The second-order valence-corrected chi connectivity index (χ2v) is 7.54. The Balaban J connectivity index is 1.52. The van der Waals surface area contributed by atoms with Crippen LogP contribution in [0, 0.1) is 0 Å². The normalized spacial score (nSPS) is 18.0. The summed E-state index contributed by atoms with van der Waals surface area (Å²) in [5.41, 5.74) is 1.86. The van der Waals surface area contributed by atoms with Crippen molar-refractivity contribution >= 4 is 11.6 Å². The van der Waals surface area contributed by atoms with Crippen LogP contribution in [-0.2, 0) is 4.79 Å². The Morgan fingerprint density at radius 1 is 1.20 bits per heavy atom. The molecule has 162 valence electrons. The van der Waals surface area contributed by atoms with E-state index in [4.69, 9.17) is 0 Å². The lowest BCUT2D eigenvalue weighted by Crippen LogP contribution is -2.42. The molecule has 2 atom stereocenters. The first-order chi connectivity index (χ1) is 14.5. The fraction of sp³-hybridized carbons (Fsp3) is 0.435. The Morgan fingerprint density at radius 3 is 2.53 bits per heavy atom. The molecule has 0 bridgehead atoms. The first kappa shape index (κ1) is 22.2. The van der Waals surface area contributed by atoms with E-state index in [0.717, 1.165) is 26.1 Å². The van der Waals surface area contributed by atoms with Crippen molar-refractivity contribution < 1.29 is 18.3 Å². The van der Waals surface area contributed by atoms with Crippen LogP contribution in [0.4, 0.5) is 14.5 Å². The number of halogens is 2. The van der Waals surface area contributed by atoms with E-state index in [1.54, 1.807) is 12.1 Å². The number of amides is 1. The average Bonchev–Trinajstić information content (AvgIpc) is 3.23. The highest BCUT2D eigenvalue weighted by atomic mass is 19.3. The Kier molecular flexibility index (Phi) is 7.76. The lowest BCUT2D eigenvalue weighted by atomic mass is 10.1.